The number of hydrogen-bond donors (Lipinski definition) is 3. The highest BCUT2D eigenvalue weighted by Gasteiger charge is 2.22. The van der Waals surface area contributed by atoms with Crippen molar-refractivity contribution in [2.75, 3.05) is 5.32 Å². The molecule has 4 heteroatoms. The third kappa shape index (κ3) is 4.07. The van der Waals surface area contributed by atoms with Gasteiger partial charge in [-0.2, -0.15) is 0 Å². The summed E-state index contributed by atoms with van der Waals surface area (Å²) in [4.78, 5) is 12.1. The molecule has 0 saturated heterocycles. The topological polar surface area (TPSA) is 67.2 Å². The highest BCUT2D eigenvalue weighted by molar-refractivity contribution is 5.89. The maximum Gasteiger partial charge on any atom is 0.319 e. The van der Waals surface area contributed by atoms with E-state index in [1.54, 1.807) is 0 Å². The Morgan fingerprint density at radius 3 is 2.24 bits per heavy atom. The van der Waals surface area contributed by atoms with Crippen molar-refractivity contribution in [3.63, 3.8) is 0 Å². The molecule has 2 rings (SSSR count). The molecular weight excluding hydrogens is 262 g/mol. The van der Waals surface area contributed by atoms with Crippen molar-refractivity contribution in [3.8, 4) is 0 Å². The maximum absolute atomic E-state index is 12.1. The van der Waals surface area contributed by atoms with Gasteiger partial charge in [0.25, 0.3) is 0 Å². The van der Waals surface area contributed by atoms with Crippen molar-refractivity contribution >= 4 is 11.7 Å². The van der Waals surface area contributed by atoms with E-state index in [4.69, 9.17) is 5.73 Å². The number of hydrogen-bond acceptors (Lipinski definition) is 2. The van der Waals surface area contributed by atoms with Crippen molar-refractivity contribution in [1.82, 2.24) is 5.32 Å². The summed E-state index contributed by atoms with van der Waals surface area (Å²) >= 11 is 0. The summed E-state index contributed by atoms with van der Waals surface area (Å²) in [7, 11) is 0. The average molecular weight is 283 g/mol. The van der Waals surface area contributed by atoms with E-state index in [-0.39, 0.29) is 6.03 Å². The molecule has 0 atom stereocenters. The molecule has 0 radical (unpaired) electrons. The van der Waals surface area contributed by atoms with E-state index in [0.717, 1.165) is 16.8 Å². The van der Waals surface area contributed by atoms with Crippen molar-refractivity contribution in [2.45, 2.75) is 25.9 Å². The fraction of sp³-hybridized carbons (Fsp3) is 0.235. The van der Waals surface area contributed by atoms with Crippen LogP contribution < -0.4 is 16.4 Å². The van der Waals surface area contributed by atoms with Gasteiger partial charge in [-0.05, 0) is 37.1 Å². The number of nitrogens with two attached hydrogens (primary N) is 1. The zero-order chi connectivity index (χ0) is 15.3. The summed E-state index contributed by atoms with van der Waals surface area (Å²) in [6.07, 6.45) is 0. The monoisotopic (exact) mass is 283 g/mol. The Balaban J connectivity index is 2.00. The molecule has 0 fully saturated rings. The summed E-state index contributed by atoms with van der Waals surface area (Å²) in [5.41, 5.74) is 7.94. The number of carbonyl (C=O) groups excluding carboxylic acids is 1. The molecule has 2 aromatic rings. The minimum Gasteiger partial charge on any atom is -0.329 e. The Hall–Kier alpha value is -2.33. The van der Waals surface area contributed by atoms with Crippen LogP contribution in [0.15, 0.2) is 54.6 Å². The second kappa shape index (κ2) is 6.41. The van der Waals surface area contributed by atoms with Crippen molar-refractivity contribution in [3.05, 3.63) is 65.7 Å². The second-order valence-electron chi connectivity index (χ2n) is 5.47. The summed E-state index contributed by atoms with van der Waals surface area (Å²) in [6, 6.07) is 17.1. The molecule has 0 bridgehead atoms. The van der Waals surface area contributed by atoms with Crippen molar-refractivity contribution in [1.29, 1.82) is 0 Å². The first-order valence-corrected chi connectivity index (χ1v) is 6.95. The number of amides is 2. The lowest BCUT2D eigenvalue weighted by atomic mass is 9.95. The third-order valence-corrected chi connectivity index (χ3v) is 3.37. The van der Waals surface area contributed by atoms with Crippen LogP contribution in [0.25, 0.3) is 0 Å². The van der Waals surface area contributed by atoms with E-state index in [2.05, 4.69) is 10.6 Å². The molecule has 110 valence electrons. The van der Waals surface area contributed by atoms with Gasteiger partial charge in [-0.3, -0.25) is 0 Å². The van der Waals surface area contributed by atoms with Crippen LogP contribution in [0.1, 0.15) is 25.0 Å². The van der Waals surface area contributed by atoms with Crippen LogP contribution in [0.3, 0.4) is 0 Å². The highest BCUT2D eigenvalue weighted by atomic mass is 16.2. The Bertz CT molecular complexity index is 591. The van der Waals surface area contributed by atoms with Gasteiger partial charge in [-0.15, -0.1) is 0 Å². The normalized spacial score (nSPS) is 11.0. The fourth-order valence-electron chi connectivity index (χ4n) is 2.10. The Kier molecular flexibility index (Phi) is 4.60. The van der Waals surface area contributed by atoms with Gasteiger partial charge in [-0.1, -0.05) is 42.5 Å². The number of nitrogens with one attached hydrogen (secondary N) is 2. The first-order chi connectivity index (χ1) is 10.0. The van der Waals surface area contributed by atoms with Crippen molar-refractivity contribution < 1.29 is 4.79 Å². The highest BCUT2D eigenvalue weighted by Crippen LogP contribution is 2.19. The Morgan fingerprint density at radius 2 is 1.67 bits per heavy atom. The van der Waals surface area contributed by atoms with E-state index in [1.807, 2.05) is 68.4 Å². The van der Waals surface area contributed by atoms with E-state index >= 15 is 0 Å². The van der Waals surface area contributed by atoms with Gasteiger partial charge in [-0.25, -0.2) is 4.79 Å². The van der Waals surface area contributed by atoms with Gasteiger partial charge in [0.15, 0.2) is 0 Å². The van der Waals surface area contributed by atoms with E-state index in [0.29, 0.717) is 6.54 Å². The first-order valence-electron chi connectivity index (χ1n) is 6.95. The molecule has 4 nitrogen and oxygen atoms in total. The molecule has 21 heavy (non-hydrogen) atoms. The predicted molar refractivity (Wildman–Crippen MR) is 86.0 cm³/mol. The summed E-state index contributed by atoms with van der Waals surface area (Å²) in [6.45, 7) is 4.44. The number of benzene rings is 2. The van der Waals surface area contributed by atoms with Crippen LogP contribution >= 0.6 is 0 Å². The zero-order valence-electron chi connectivity index (χ0n) is 12.4. The molecule has 0 aliphatic rings. The molecule has 0 heterocycles. The van der Waals surface area contributed by atoms with Crippen LogP contribution in [-0.4, -0.2) is 6.03 Å². The fourth-order valence-corrected chi connectivity index (χ4v) is 2.10. The average Bonchev–Trinajstić information content (AvgIpc) is 2.48. The number of carbonyl (C=O) groups is 1. The van der Waals surface area contributed by atoms with Crippen LogP contribution in [0.2, 0.25) is 0 Å². The molecular formula is C17H21N3O. The van der Waals surface area contributed by atoms with E-state index in [9.17, 15) is 4.79 Å². The molecule has 0 unspecified atom stereocenters. The molecule has 2 aromatic carbocycles. The predicted octanol–water partition coefficient (Wildman–Crippen LogP) is 3.20. The van der Waals surface area contributed by atoms with Gasteiger partial charge in [0.05, 0.1) is 5.54 Å². The smallest absolute Gasteiger partial charge is 0.319 e. The molecule has 0 aromatic heterocycles. The SMILES string of the molecule is CC(C)(NC(=O)Nc1ccc(CN)cc1)c1ccccc1. The minimum absolute atomic E-state index is 0.232. The molecule has 0 aliphatic heterocycles. The van der Waals surface area contributed by atoms with Gasteiger partial charge in [0, 0.05) is 12.2 Å². The second-order valence-corrected chi connectivity index (χ2v) is 5.47. The quantitative estimate of drug-likeness (QED) is 0.806. The van der Waals surface area contributed by atoms with Crippen molar-refractivity contribution in [2.24, 2.45) is 5.73 Å². The number of urea groups is 1. The van der Waals surface area contributed by atoms with Gasteiger partial charge < -0.3 is 16.4 Å². The molecule has 0 aliphatic carbocycles. The Labute approximate surface area is 125 Å². The maximum atomic E-state index is 12.1. The third-order valence-electron chi connectivity index (χ3n) is 3.37. The van der Waals surface area contributed by atoms with Crippen LogP contribution in [0.5, 0.6) is 0 Å². The lowest BCUT2D eigenvalue weighted by Crippen LogP contribution is -2.43. The molecule has 0 saturated carbocycles. The number of anilines is 1. The summed E-state index contributed by atoms with van der Waals surface area (Å²) in [5.74, 6) is 0. The van der Waals surface area contributed by atoms with Gasteiger partial charge >= 0.3 is 6.03 Å². The first kappa shape index (κ1) is 15.1. The number of rotatable bonds is 4. The Morgan fingerprint density at radius 1 is 1.05 bits per heavy atom. The lowest BCUT2D eigenvalue weighted by molar-refractivity contribution is 0.242. The molecule has 4 N–H and O–H groups in total. The van der Waals surface area contributed by atoms with E-state index in [1.165, 1.54) is 0 Å². The van der Waals surface area contributed by atoms with Gasteiger partial charge in [0.2, 0.25) is 0 Å². The standard InChI is InChI=1S/C17H21N3O/c1-17(2,14-6-4-3-5-7-14)20-16(21)19-15-10-8-13(12-18)9-11-15/h3-11H,12,18H2,1-2H3,(H2,19,20,21). The minimum atomic E-state index is -0.442. The molecule has 0 spiro atoms. The zero-order valence-corrected chi connectivity index (χ0v) is 12.4. The van der Waals surface area contributed by atoms with E-state index < -0.39 is 5.54 Å². The van der Waals surface area contributed by atoms with Crippen LogP contribution in [0.4, 0.5) is 10.5 Å². The summed E-state index contributed by atoms with van der Waals surface area (Å²) < 4.78 is 0. The van der Waals surface area contributed by atoms with Gasteiger partial charge in [0.1, 0.15) is 0 Å². The largest absolute Gasteiger partial charge is 0.329 e. The lowest BCUT2D eigenvalue weighted by Gasteiger charge is -2.27. The molecule has 2 amide bonds. The van der Waals surface area contributed by atoms with Crippen LogP contribution in [-0.2, 0) is 12.1 Å². The summed E-state index contributed by atoms with van der Waals surface area (Å²) in [5, 5.41) is 5.80. The van der Waals surface area contributed by atoms with Crippen LogP contribution in [0, 0.1) is 0 Å².